The number of halogens is 2. The van der Waals surface area contributed by atoms with E-state index in [1.807, 2.05) is 0 Å². The zero-order chi connectivity index (χ0) is 25.0. The lowest BCUT2D eigenvalue weighted by molar-refractivity contribution is -0.145. The van der Waals surface area contributed by atoms with E-state index in [4.69, 9.17) is 27.9 Å². The zero-order valence-corrected chi connectivity index (χ0v) is 20.9. The number of carbonyl (C=O) groups is 3. The average Bonchev–Trinajstić information content (AvgIpc) is 3.46. The quantitative estimate of drug-likeness (QED) is 0.472. The Morgan fingerprint density at radius 2 is 1.91 bits per heavy atom. The first-order valence-corrected chi connectivity index (χ1v) is 12.7. The van der Waals surface area contributed by atoms with Crippen LogP contribution < -0.4 is 10.2 Å². The fourth-order valence-corrected chi connectivity index (χ4v) is 7.05. The van der Waals surface area contributed by atoms with Crippen LogP contribution in [0.15, 0.2) is 42.5 Å². The number of imide groups is 1. The van der Waals surface area contributed by atoms with Crippen molar-refractivity contribution < 1.29 is 19.1 Å². The molecule has 8 nitrogen and oxygen atoms in total. The van der Waals surface area contributed by atoms with Crippen molar-refractivity contribution in [3.8, 4) is 6.07 Å². The molecule has 2 aromatic rings. The summed E-state index contributed by atoms with van der Waals surface area (Å²) < 4.78 is 5.17. The molecule has 3 amide bonds. The number of amides is 3. The number of thioether (sulfide) groups is 1. The second-order valence-corrected chi connectivity index (χ2v) is 10.9. The van der Waals surface area contributed by atoms with E-state index in [1.54, 1.807) is 36.1 Å². The summed E-state index contributed by atoms with van der Waals surface area (Å²) in [6.45, 7) is 2.21. The largest absolute Gasteiger partial charge is 0.465 e. The van der Waals surface area contributed by atoms with Crippen LogP contribution in [0.3, 0.4) is 0 Å². The van der Waals surface area contributed by atoms with Crippen molar-refractivity contribution in [3.63, 3.8) is 0 Å². The molecule has 0 unspecified atom stereocenters. The Labute approximate surface area is 216 Å². The number of esters is 1. The highest BCUT2D eigenvalue weighted by molar-refractivity contribution is 8.01. The lowest BCUT2D eigenvalue weighted by atomic mass is 9.85. The van der Waals surface area contributed by atoms with Gasteiger partial charge in [-0.15, -0.1) is 11.8 Å². The molecule has 35 heavy (non-hydrogen) atoms. The molecular weight excluding hydrogens is 511 g/mol. The van der Waals surface area contributed by atoms with Crippen molar-refractivity contribution >= 4 is 58.6 Å². The molecule has 3 aliphatic rings. The van der Waals surface area contributed by atoms with Gasteiger partial charge in [0.1, 0.15) is 6.04 Å². The minimum atomic E-state index is -1.33. The molecule has 1 N–H and O–H groups in total. The summed E-state index contributed by atoms with van der Waals surface area (Å²) in [6.07, 6.45) is 0.238. The summed E-state index contributed by atoms with van der Waals surface area (Å²) in [5.41, 5.74) is -0.0196. The van der Waals surface area contributed by atoms with Gasteiger partial charge in [-0.1, -0.05) is 35.3 Å². The molecule has 0 bridgehead atoms. The third-order valence-electron chi connectivity index (χ3n) is 6.53. The van der Waals surface area contributed by atoms with E-state index >= 15 is 0 Å². The number of carbonyl (C=O) groups excluding carboxylic acids is 3. The molecule has 0 saturated carbocycles. The Bertz CT molecular complexity index is 1260. The number of nitriles is 1. The topological polar surface area (TPSA) is 103 Å². The van der Waals surface area contributed by atoms with Crippen molar-refractivity contribution in [1.82, 2.24) is 10.2 Å². The van der Waals surface area contributed by atoms with Crippen molar-refractivity contribution in [2.75, 3.05) is 23.8 Å². The Morgan fingerprint density at radius 1 is 1.23 bits per heavy atom. The molecule has 3 fully saturated rings. The van der Waals surface area contributed by atoms with Crippen LogP contribution in [0.1, 0.15) is 24.5 Å². The number of nitrogens with one attached hydrogen (secondary N) is 1. The Morgan fingerprint density at radius 3 is 2.54 bits per heavy atom. The second kappa shape index (κ2) is 8.71. The molecule has 5 rings (SSSR count). The van der Waals surface area contributed by atoms with E-state index in [1.165, 1.54) is 30.0 Å². The zero-order valence-electron chi connectivity index (χ0n) is 18.6. The van der Waals surface area contributed by atoms with E-state index in [0.29, 0.717) is 26.9 Å². The van der Waals surface area contributed by atoms with E-state index in [0.717, 1.165) is 4.90 Å². The lowest BCUT2D eigenvalue weighted by Gasteiger charge is -2.29. The van der Waals surface area contributed by atoms with Crippen LogP contribution in [0.5, 0.6) is 0 Å². The molecule has 2 aromatic carbocycles. The fraction of sp³-hybridized carbons (Fsp3) is 0.333. The van der Waals surface area contributed by atoms with Gasteiger partial charge in [0.05, 0.1) is 35.3 Å². The van der Waals surface area contributed by atoms with Crippen molar-refractivity contribution in [2.45, 2.75) is 29.8 Å². The van der Waals surface area contributed by atoms with Gasteiger partial charge in [0.2, 0.25) is 0 Å². The minimum absolute atomic E-state index is 0.197. The first kappa shape index (κ1) is 23.9. The van der Waals surface area contributed by atoms with Gasteiger partial charge in [-0.25, -0.2) is 9.69 Å². The number of hydrogen-bond acceptors (Lipinski definition) is 7. The van der Waals surface area contributed by atoms with Gasteiger partial charge in [-0.05, 0) is 42.8 Å². The SMILES string of the molecule is CCOC(=O)[C@H]1CS[C@]2(CN3C(=O)N(c4cc(Cl)cc(Cl)c4)C(=O)[C@@]3(c3ccc(C#N)cc3)C2)N1. The summed E-state index contributed by atoms with van der Waals surface area (Å²) in [6, 6.07) is 12.3. The summed E-state index contributed by atoms with van der Waals surface area (Å²) in [7, 11) is 0. The fourth-order valence-electron chi connectivity index (χ4n) is 5.07. The number of nitrogens with zero attached hydrogens (tertiary/aromatic N) is 3. The summed E-state index contributed by atoms with van der Waals surface area (Å²) >= 11 is 13.8. The van der Waals surface area contributed by atoms with E-state index in [-0.39, 0.29) is 31.2 Å². The van der Waals surface area contributed by atoms with Crippen molar-refractivity contribution in [3.05, 3.63) is 63.6 Å². The molecule has 0 aliphatic carbocycles. The minimum Gasteiger partial charge on any atom is -0.465 e. The van der Waals surface area contributed by atoms with Gasteiger partial charge in [0.25, 0.3) is 5.91 Å². The Kier molecular flexibility index (Phi) is 5.96. The predicted molar refractivity (Wildman–Crippen MR) is 132 cm³/mol. The number of urea groups is 1. The van der Waals surface area contributed by atoms with Crippen LogP contribution >= 0.6 is 35.0 Å². The van der Waals surface area contributed by atoms with E-state index < -0.39 is 28.4 Å². The molecule has 3 atom stereocenters. The first-order valence-electron chi connectivity index (χ1n) is 10.9. The van der Waals surface area contributed by atoms with Crippen LogP contribution in [0.25, 0.3) is 0 Å². The number of hydrogen-bond donors (Lipinski definition) is 1. The van der Waals surface area contributed by atoms with Gasteiger partial charge in [0.15, 0.2) is 5.54 Å². The summed E-state index contributed by atoms with van der Waals surface area (Å²) in [5, 5.41) is 13.2. The lowest BCUT2D eigenvalue weighted by Crippen LogP contribution is -2.49. The number of fused-ring (bicyclic) bond motifs is 1. The van der Waals surface area contributed by atoms with Crippen molar-refractivity contribution in [1.29, 1.82) is 5.26 Å². The molecule has 1 spiro atoms. The van der Waals surface area contributed by atoms with Crippen molar-refractivity contribution in [2.24, 2.45) is 0 Å². The maximum Gasteiger partial charge on any atom is 0.332 e. The molecule has 11 heteroatoms. The molecule has 3 saturated heterocycles. The van der Waals surface area contributed by atoms with E-state index in [2.05, 4.69) is 11.4 Å². The molecule has 0 aromatic heterocycles. The Hall–Kier alpha value is -2.77. The van der Waals surface area contributed by atoms with Crippen LogP contribution in [-0.4, -0.2) is 52.6 Å². The van der Waals surface area contributed by atoms with E-state index in [9.17, 15) is 19.6 Å². The standard InChI is InChI=1S/C24H20Cl2N4O4S/c1-2-34-20(31)19-11-35-23(28-19)12-24(15-5-3-14(10-27)4-6-15)21(32)30(22(33)29(24)13-23)18-8-16(25)7-17(26)9-18/h3-9,19,28H,2,11-13H2,1H3/t19-,23-,24+/m1/s1. The maximum atomic E-state index is 14.1. The molecule has 0 radical (unpaired) electrons. The van der Waals surface area contributed by atoms with Crippen LogP contribution in [0.4, 0.5) is 10.5 Å². The Balaban J connectivity index is 1.58. The van der Waals surface area contributed by atoms with Crippen LogP contribution in [0.2, 0.25) is 10.0 Å². The van der Waals surface area contributed by atoms with Gasteiger partial charge >= 0.3 is 12.0 Å². The molecule has 3 heterocycles. The van der Waals surface area contributed by atoms with Crippen LogP contribution in [0, 0.1) is 11.3 Å². The number of anilines is 1. The smallest absolute Gasteiger partial charge is 0.332 e. The predicted octanol–water partition coefficient (Wildman–Crippen LogP) is 3.90. The van der Waals surface area contributed by atoms with Crippen LogP contribution in [-0.2, 0) is 19.9 Å². The normalized spacial score (nSPS) is 27.4. The summed E-state index contributed by atoms with van der Waals surface area (Å²) in [5.74, 6) is -0.333. The molecule has 3 aliphatic heterocycles. The number of ether oxygens (including phenoxy) is 1. The first-order chi connectivity index (χ1) is 16.7. The third-order valence-corrected chi connectivity index (χ3v) is 8.41. The highest BCUT2D eigenvalue weighted by Crippen LogP contribution is 2.55. The maximum absolute atomic E-state index is 14.1. The monoisotopic (exact) mass is 530 g/mol. The van der Waals surface area contributed by atoms with Gasteiger partial charge in [-0.3, -0.25) is 14.9 Å². The van der Waals surface area contributed by atoms with Gasteiger partial charge in [-0.2, -0.15) is 5.26 Å². The number of benzene rings is 2. The average molecular weight is 531 g/mol. The highest BCUT2D eigenvalue weighted by Gasteiger charge is 2.68. The number of rotatable bonds is 4. The molecular formula is C24H20Cl2N4O4S. The van der Waals surface area contributed by atoms with Gasteiger partial charge in [0, 0.05) is 22.2 Å². The highest BCUT2D eigenvalue weighted by atomic mass is 35.5. The summed E-state index contributed by atoms with van der Waals surface area (Å²) in [4.78, 5) is 42.2. The third kappa shape index (κ3) is 3.76. The molecule has 180 valence electrons. The van der Waals surface area contributed by atoms with Gasteiger partial charge < -0.3 is 9.64 Å². The second-order valence-electron chi connectivity index (χ2n) is 8.62.